The fraction of sp³-hybridized carbons (Fsp3) is 0.533. The van der Waals surface area contributed by atoms with E-state index in [-0.39, 0.29) is 17.0 Å². The van der Waals surface area contributed by atoms with Crippen molar-refractivity contribution in [1.29, 1.82) is 0 Å². The predicted molar refractivity (Wildman–Crippen MR) is 81.8 cm³/mol. The number of hydrogen-bond acceptors (Lipinski definition) is 3. The van der Waals surface area contributed by atoms with Crippen LogP contribution in [-0.2, 0) is 0 Å². The van der Waals surface area contributed by atoms with Crippen molar-refractivity contribution >= 4 is 23.2 Å². The zero-order valence-electron chi connectivity index (χ0n) is 12.2. The van der Waals surface area contributed by atoms with Crippen LogP contribution < -0.4 is 0 Å². The van der Waals surface area contributed by atoms with Crippen LogP contribution in [0.4, 0.5) is 5.69 Å². The molecule has 1 aliphatic heterocycles. The summed E-state index contributed by atoms with van der Waals surface area (Å²) in [5.41, 5.74) is 1.06. The lowest BCUT2D eigenvalue weighted by atomic mass is 9.93. The SMILES string of the molecule is Cc1cc(C(=O)N2CCC(C(C)Cl)CC2)ccc1[N+](=O)[O-]. The van der Waals surface area contributed by atoms with E-state index < -0.39 is 4.92 Å². The van der Waals surface area contributed by atoms with Gasteiger partial charge in [-0.15, -0.1) is 11.6 Å². The van der Waals surface area contributed by atoms with Crippen LogP contribution in [0.3, 0.4) is 0 Å². The van der Waals surface area contributed by atoms with Crippen LogP contribution in [0.2, 0.25) is 0 Å². The lowest BCUT2D eigenvalue weighted by molar-refractivity contribution is -0.385. The summed E-state index contributed by atoms with van der Waals surface area (Å²) in [5.74, 6) is 0.392. The van der Waals surface area contributed by atoms with Gasteiger partial charge < -0.3 is 4.90 Å². The van der Waals surface area contributed by atoms with Crippen molar-refractivity contribution < 1.29 is 9.72 Å². The number of alkyl halides is 1. The van der Waals surface area contributed by atoms with Gasteiger partial charge in [-0.05, 0) is 44.7 Å². The molecule has 1 amide bonds. The van der Waals surface area contributed by atoms with Gasteiger partial charge in [0.25, 0.3) is 11.6 Å². The Morgan fingerprint density at radius 2 is 2.05 bits per heavy atom. The number of rotatable bonds is 3. The van der Waals surface area contributed by atoms with E-state index in [1.807, 2.05) is 6.92 Å². The average molecular weight is 311 g/mol. The molecule has 2 rings (SSSR count). The Morgan fingerprint density at radius 1 is 1.43 bits per heavy atom. The maximum atomic E-state index is 12.4. The zero-order valence-corrected chi connectivity index (χ0v) is 13.0. The third kappa shape index (κ3) is 3.53. The first kappa shape index (κ1) is 15.8. The van der Waals surface area contributed by atoms with E-state index in [2.05, 4.69) is 0 Å². The van der Waals surface area contributed by atoms with Gasteiger partial charge in [0.05, 0.1) is 4.92 Å². The second kappa shape index (κ2) is 6.43. The number of amides is 1. The molecule has 1 fully saturated rings. The van der Waals surface area contributed by atoms with E-state index in [9.17, 15) is 14.9 Å². The lowest BCUT2D eigenvalue weighted by Gasteiger charge is -2.33. The highest BCUT2D eigenvalue weighted by molar-refractivity contribution is 6.20. The van der Waals surface area contributed by atoms with Crippen LogP contribution in [-0.4, -0.2) is 34.2 Å². The minimum atomic E-state index is -0.434. The van der Waals surface area contributed by atoms with Gasteiger partial charge in [-0.2, -0.15) is 0 Å². The number of likely N-dealkylation sites (tertiary alicyclic amines) is 1. The van der Waals surface area contributed by atoms with Crippen molar-refractivity contribution in [2.24, 2.45) is 5.92 Å². The normalized spacial score (nSPS) is 17.6. The molecule has 1 atom stereocenters. The molecule has 1 aromatic carbocycles. The molecule has 0 spiro atoms. The third-order valence-electron chi connectivity index (χ3n) is 4.12. The van der Waals surface area contributed by atoms with Gasteiger partial charge in [0, 0.05) is 35.7 Å². The molecule has 1 aliphatic rings. The van der Waals surface area contributed by atoms with Gasteiger partial charge in [-0.1, -0.05) is 0 Å². The average Bonchev–Trinajstić information content (AvgIpc) is 2.46. The first-order valence-electron chi connectivity index (χ1n) is 7.08. The van der Waals surface area contributed by atoms with E-state index in [0.29, 0.717) is 30.1 Å². The van der Waals surface area contributed by atoms with Crippen molar-refractivity contribution in [2.45, 2.75) is 32.1 Å². The molecular formula is C15H19ClN2O3. The fourth-order valence-electron chi connectivity index (χ4n) is 2.74. The van der Waals surface area contributed by atoms with Crippen molar-refractivity contribution in [3.8, 4) is 0 Å². The maximum absolute atomic E-state index is 12.4. The molecule has 1 unspecified atom stereocenters. The Hall–Kier alpha value is -1.62. The summed E-state index contributed by atoms with van der Waals surface area (Å²) in [4.78, 5) is 24.6. The summed E-state index contributed by atoms with van der Waals surface area (Å²) in [6, 6.07) is 4.52. The first-order chi connectivity index (χ1) is 9.90. The molecular weight excluding hydrogens is 292 g/mol. The highest BCUT2D eigenvalue weighted by Gasteiger charge is 2.26. The molecule has 0 saturated carbocycles. The van der Waals surface area contributed by atoms with Crippen LogP contribution in [0.1, 0.15) is 35.7 Å². The smallest absolute Gasteiger partial charge is 0.272 e. The number of aryl methyl sites for hydroxylation is 1. The number of carbonyl (C=O) groups excluding carboxylic acids is 1. The Labute approximate surface area is 129 Å². The summed E-state index contributed by atoms with van der Waals surface area (Å²) in [7, 11) is 0. The summed E-state index contributed by atoms with van der Waals surface area (Å²) in [6.45, 7) is 5.02. The van der Waals surface area contributed by atoms with Gasteiger partial charge in [0.2, 0.25) is 0 Å². The highest BCUT2D eigenvalue weighted by Crippen LogP contribution is 2.26. The van der Waals surface area contributed by atoms with E-state index in [0.717, 1.165) is 12.8 Å². The number of piperidine rings is 1. The molecule has 0 bridgehead atoms. The Balaban J connectivity index is 2.08. The van der Waals surface area contributed by atoms with Crippen LogP contribution in [0.15, 0.2) is 18.2 Å². The van der Waals surface area contributed by atoms with Gasteiger partial charge >= 0.3 is 0 Å². The molecule has 6 heteroatoms. The first-order valence-corrected chi connectivity index (χ1v) is 7.52. The van der Waals surface area contributed by atoms with Crippen LogP contribution in [0.25, 0.3) is 0 Å². The lowest BCUT2D eigenvalue weighted by Crippen LogP contribution is -2.40. The van der Waals surface area contributed by atoms with Crippen LogP contribution in [0.5, 0.6) is 0 Å². The fourth-order valence-corrected chi connectivity index (χ4v) is 2.99. The molecule has 1 saturated heterocycles. The Bertz CT molecular complexity index is 552. The number of nitro groups is 1. The molecule has 0 aliphatic carbocycles. The summed E-state index contributed by atoms with van der Waals surface area (Å²) < 4.78 is 0. The Kier molecular flexibility index (Phi) is 4.83. The second-order valence-corrected chi connectivity index (χ2v) is 6.25. The summed E-state index contributed by atoms with van der Waals surface area (Å²) in [6.07, 6.45) is 1.81. The summed E-state index contributed by atoms with van der Waals surface area (Å²) >= 11 is 6.10. The molecule has 114 valence electrons. The van der Waals surface area contributed by atoms with Gasteiger partial charge in [0.1, 0.15) is 0 Å². The second-order valence-electron chi connectivity index (χ2n) is 5.57. The molecule has 21 heavy (non-hydrogen) atoms. The number of benzene rings is 1. The molecule has 0 radical (unpaired) electrons. The largest absolute Gasteiger partial charge is 0.339 e. The molecule has 1 heterocycles. The summed E-state index contributed by atoms with van der Waals surface area (Å²) in [5, 5.41) is 10.9. The zero-order chi connectivity index (χ0) is 15.6. The van der Waals surface area contributed by atoms with Crippen molar-refractivity contribution in [3.63, 3.8) is 0 Å². The number of halogens is 1. The number of nitro benzene ring substituents is 1. The quantitative estimate of drug-likeness (QED) is 0.488. The molecule has 0 aromatic heterocycles. The van der Waals surface area contributed by atoms with Gasteiger partial charge in [-0.3, -0.25) is 14.9 Å². The molecule has 1 aromatic rings. The van der Waals surface area contributed by atoms with Gasteiger partial charge in [0.15, 0.2) is 0 Å². The van der Waals surface area contributed by atoms with Crippen molar-refractivity contribution in [2.75, 3.05) is 13.1 Å². The van der Waals surface area contributed by atoms with E-state index in [1.54, 1.807) is 17.9 Å². The number of hydrogen-bond donors (Lipinski definition) is 0. The van der Waals surface area contributed by atoms with E-state index in [4.69, 9.17) is 11.6 Å². The van der Waals surface area contributed by atoms with Crippen molar-refractivity contribution in [3.05, 3.63) is 39.4 Å². The van der Waals surface area contributed by atoms with Crippen molar-refractivity contribution in [1.82, 2.24) is 4.90 Å². The number of nitrogens with zero attached hydrogens (tertiary/aromatic N) is 2. The predicted octanol–water partition coefficient (Wildman–Crippen LogP) is 3.38. The standard InChI is InChI=1S/C15H19ClN2O3/c1-10-9-13(3-4-14(10)18(20)21)15(19)17-7-5-12(6-8-17)11(2)16/h3-4,9,11-12H,5-8H2,1-2H3. The third-order valence-corrected chi connectivity index (χ3v) is 4.47. The minimum Gasteiger partial charge on any atom is -0.339 e. The molecule has 5 nitrogen and oxygen atoms in total. The Morgan fingerprint density at radius 3 is 2.52 bits per heavy atom. The number of carbonyl (C=O) groups is 1. The van der Waals surface area contributed by atoms with Gasteiger partial charge in [-0.25, -0.2) is 0 Å². The monoisotopic (exact) mass is 310 g/mol. The molecule has 0 N–H and O–H groups in total. The van der Waals surface area contributed by atoms with Crippen LogP contribution >= 0.6 is 11.6 Å². The topological polar surface area (TPSA) is 63.5 Å². The highest BCUT2D eigenvalue weighted by atomic mass is 35.5. The van der Waals surface area contributed by atoms with E-state index in [1.165, 1.54) is 12.1 Å². The maximum Gasteiger partial charge on any atom is 0.272 e. The van der Waals surface area contributed by atoms with E-state index >= 15 is 0 Å². The van der Waals surface area contributed by atoms with Crippen LogP contribution in [0, 0.1) is 23.0 Å². The minimum absolute atomic E-state index is 0.0428.